The van der Waals surface area contributed by atoms with Crippen LogP contribution in [0.4, 0.5) is 22.7 Å². The SMILES string of the molecule is C=C/C=C\C(=C(/C)c1ccc(-c2cccc(-c3ccc(-c4ccccc4-c4cc(C(=O)N(C)c5ccc(-c6ccccc6)nc5)cc(C(=O)N(C)c5ccc(-c6ccccc6)nc5)c4)cn3)c2)nc1)c1cc(C(=O)N(C)c2ccc(-c3ccccc3)nc2)cc(C(=O)N(C)c2ccc(-c3ccccc3)nc2)c1. The number of allylic oxidation sites excluding steroid dienone is 5. The maximum atomic E-state index is 14.8. The van der Waals surface area contributed by atoms with Gasteiger partial charge in [0.1, 0.15) is 0 Å². The van der Waals surface area contributed by atoms with Gasteiger partial charge in [0.2, 0.25) is 0 Å². The summed E-state index contributed by atoms with van der Waals surface area (Å²) in [5, 5.41) is 0. The van der Waals surface area contributed by atoms with Crippen molar-refractivity contribution >= 4 is 57.5 Å². The average Bonchev–Trinajstić information content (AvgIpc) is 0.796. The van der Waals surface area contributed by atoms with Crippen LogP contribution >= 0.6 is 0 Å². The molecule has 8 aromatic carbocycles. The molecule has 0 spiro atoms. The highest BCUT2D eigenvalue weighted by Gasteiger charge is 2.25. The summed E-state index contributed by atoms with van der Waals surface area (Å²) in [7, 11) is 6.81. The Kier molecular flexibility index (Phi) is 20.6. The number of carbonyl (C=O) groups is 4. The summed E-state index contributed by atoms with van der Waals surface area (Å²) in [6.07, 6.45) is 15.8. The quantitative estimate of drug-likeness (QED) is 0.0672. The van der Waals surface area contributed by atoms with Crippen LogP contribution in [0.2, 0.25) is 0 Å². The van der Waals surface area contributed by atoms with E-state index in [9.17, 15) is 19.2 Å². The minimum atomic E-state index is -0.340. The fraction of sp³-hybridized carbons (Fsp3) is 0.0538. The monoisotopic (exact) mass is 1390 g/mol. The van der Waals surface area contributed by atoms with Crippen LogP contribution < -0.4 is 19.6 Å². The normalized spacial score (nSPS) is 11.3. The Labute approximate surface area is 622 Å². The predicted molar refractivity (Wildman–Crippen MR) is 432 cm³/mol. The number of amides is 4. The van der Waals surface area contributed by atoms with Gasteiger partial charge in [-0.15, -0.1) is 0 Å². The summed E-state index contributed by atoms with van der Waals surface area (Å²) in [6.45, 7) is 5.99. The van der Waals surface area contributed by atoms with Crippen molar-refractivity contribution < 1.29 is 19.2 Å². The van der Waals surface area contributed by atoms with E-state index in [4.69, 9.17) is 29.9 Å². The summed E-state index contributed by atoms with van der Waals surface area (Å²) in [6, 6.07) is 89.0. The van der Waals surface area contributed by atoms with Crippen molar-refractivity contribution in [2.75, 3.05) is 47.8 Å². The zero-order chi connectivity index (χ0) is 73.9. The number of pyridine rings is 6. The van der Waals surface area contributed by atoms with Gasteiger partial charge in [-0.1, -0.05) is 201 Å². The van der Waals surface area contributed by atoms with Crippen LogP contribution in [0.1, 0.15) is 59.5 Å². The fourth-order valence-electron chi connectivity index (χ4n) is 12.9. The van der Waals surface area contributed by atoms with Gasteiger partial charge < -0.3 is 19.6 Å². The molecular formula is C93H72N10O4. The lowest BCUT2D eigenvalue weighted by atomic mass is 9.92. The number of rotatable bonds is 20. The van der Waals surface area contributed by atoms with Gasteiger partial charge in [0.25, 0.3) is 23.6 Å². The minimum absolute atomic E-state index is 0.291. The molecule has 0 aliphatic heterocycles. The van der Waals surface area contributed by atoms with Crippen LogP contribution in [0, 0.1) is 0 Å². The lowest BCUT2D eigenvalue weighted by Crippen LogP contribution is -2.29. The number of aromatic nitrogens is 6. The number of carbonyl (C=O) groups excluding carboxylic acids is 4. The smallest absolute Gasteiger partial charge is 0.258 e. The minimum Gasteiger partial charge on any atom is -0.310 e. The molecule has 0 unspecified atom stereocenters. The van der Waals surface area contributed by atoms with Crippen molar-refractivity contribution in [3.63, 3.8) is 0 Å². The maximum Gasteiger partial charge on any atom is 0.258 e. The Morgan fingerprint density at radius 3 is 0.925 bits per heavy atom. The third-order valence-electron chi connectivity index (χ3n) is 19.0. The molecule has 14 nitrogen and oxygen atoms in total. The van der Waals surface area contributed by atoms with Crippen LogP contribution in [0.25, 0.3) is 101 Å². The molecule has 0 aliphatic rings. The van der Waals surface area contributed by atoms with E-state index in [1.54, 1.807) is 81.0 Å². The van der Waals surface area contributed by atoms with E-state index >= 15 is 0 Å². The number of hydrogen-bond donors (Lipinski definition) is 0. The Morgan fingerprint density at radius 2 is 0.589 bits per heavy atom. The largest absolute Gasteiger partial charge is 0.310 e. The van der Waals surface area contributed by atoms with Crippen LogP contribution in [0.5, 0.6) is 0 Å². The van der Waals surface area contributed by atoms with Crippen LogP contribution in [-0.4, -0.2) is 81.7 Å². The molecule has 4 amide bonds. The molecule has 518 valence electrons. The second kappa shape index (κ2) is 31.6. The Morgan fingerprint density at radius 1 is 0.280 bits per heavy atom. The lowest BCUT2D eigenvalue weighted by Gasteiger charge is -2.21. The van der Waals surface area contributed by atoms with Gasteiger partial charge in [-0.05, 0) is 149 Å². The highest BCUT2D eigenvalue weighted by Crippen LogP contribution is 2.38. The molecule has 0 saturated heterocycles. The van der Waals surface area contributed by atoms with Crippen molar-refractivity contribution in [2.24, 2.45) is 0 Å². The number of anilines is 4. The molecule has 6 heterocycles. The number of benzene rings is 8. The van der Waals surface area contributed by atoms with E-state index in [2.05, 4.69) is 12.6 Å². The third kappa shape index (κ3) is 15.4. The van der Waals surface area contributed by atoms with Crippen molar-refractivity contribution in [3.8, 4) is 89.8 Å². The van der Waals surface area contributed by atoms with E-state index in [-0.39, 0.29) is 23.6 Å². The summed E-state index contributed by atoms with van der Waals surface area (Å²) in [5.41, 5.74) is 19.8. The first kappa shape index (κ1) is 69.8. The molecule has 0 atom stereocenters. The van der Waals surface area contributed by atoms with Gasteiger partial charge in [0.05, 0.1) is 81.7 Å². The molecule has 107 heavy (non-hydrogen) atoms. The van der Waals surface area contributed by atoms with Gasteiger partial charge in [-0.3, -0.25) is 49.1 Å². The van der Waals surface area contributed by atoms with Crippen LogP contribution in [0.15, 0.2) is 341 Å². The predicted octanol–water partition coefficient (Wildman–Crippen LogP) is 20.2. The zero-order valence-electron chi connectivity index (χ0n) is 59.6. The average molecular weight is 1390 g/mol. The van der Waals surface area contributed by atoms with E-state index in [0.717, 1.165) is 101 Å². The van der Waals surface area contributed by atoms with Crippen molar-refractivity contribution in [2.45, 2.75) is 6.92 Å². The van der Waals surface area contributed by atoms with E-state index in [0.29, 0.717) is 56.1 Å². The number of nitrogens with zero attached hydrogens (tertiary/aromatic N) is 10. The van der Waals surface area contributed by atoms with E-state index < -0.39 is 0 Å². The maximum absolute atomic E-state index is 14.8. The third-order valence-corrected chi connectivity index (χ3v) is 19.0. The van der Waals surface area contributed by atoms with Gasteiger partial charge in [-0.25, -0.2) is 0 Å². The second-order valence-electron chi connectivity index (χ2n) is 25.7. The van der Waals surface area contributed by atoms with E-state index in [1.807, 2.05) is 292 Å². The van der Waals surface area contributed by atoms with Crippen LogP contribution in [0.3, 0.4) is 0 Å². The van der Waals surface area contributed by atoms with Gasteiger partial charge in [0, 0.05) is 102 Å². The Balaban J connectivity index is 0.746. The molecule has 0 N–H and O–H groups in total. The molecule has 0 saturated carbocycles. The molecule has 0 radical (unpaired) electrons. The molecule has 6 aromatic heterocycles. The molecule has 14 aromatic rings. The highest BCUT2D eigenvalue weighted by molar-refractivity contribution is 6.13. The zero-order valence-corrected chi connectivity index (χ0v) is 59.6. The molecule has 0 bridgehead atoms. The topological polar surface area (TPSA) is 159 Å². The molecule has 14 heteroatoms. The first-order chi connectivity index (χ1) is 52.2. The Hall–Kier alpha value is -14.2. The summed E-state index contributed by atoms with van der Waals surface area (Å²) >= 11 is 0. The first-order valence-electron chi connectivity index (χ1n) is 34.9. The summed E-state index contributed by atoms with van der Waals surface area (Å²) < 4.78 is 0. The Bertz CT molecular complexity index is 5410. The van der Waals surface area contributed by atoms with Crippen molar-refractivity contribution in [1.82, 2.24) is 29.9 Å². The van der Waals surface area contributed by atoms with Crippen molar-refractivity contribution in [1.29, 1.82) is 0 Å². The van der Waals surface area contributed by atoms with Gasteiger partial charge in [-0.2, -0.15) is 0 Å². The lowest BCUT2D eigenvalue weighted by molar-refractivity contribution is 0.0978. The second-order valence-corrected chi connectivity index (χ2v) is 25.7. The van der Waals surface area contributed by atoms with Crippen molar-refractivity contribution in [3.05, 3.63) is 374 Å². The first-order valence-corrected chi connectivity index (χ1v) is 34.9. The molecule has 0 aliphatic carbocycles. The molecule has 14 rings (SSSR count). The van der Waals surface area contributed by atoms with Gasteiger partial charge >= 0.3 is 0 Å². The fourth-order valence-corrected chi connectivity index (χ4v) is 12.9. The summed E-state index contributed by atoms with van der Waals surface area (Å²) in [5.74, 6) is -1.33. The standard InChI is InChI=1S/C93H72N10O4/c1-7-8-34-81(71-50-73(90(104)100(3)77-39-45-84(96-58-77)63-24-13-9-14-25-63)54-74(51-71)91(105)101(4)78-40-46-85(97-59-78)64-26-15-10-16-27-64)62(2)69-37-43-88(94-56-69)67-32-23-33-68(49-67)89-44-38-70(57-95-89)82-35-21-22-36-83(82)72-52-75(92(106)102(5)79-41-47-86(98-60-79)65-28-17-11-18-29-65)55-76(53-72)93(107)103(6)80-42-48-87(99-61-80)66-30-19-12-20-31-66/h7-61H,1H2,2-6H3/b34-8-,81-62-. The van der Waals surface area contributed by atoms with Crippen LogP contribution in [-0.2, 0) is 0 Å². The number of hydrogen-bond acceptors (Lipinski definition) is 10. The summed E-state index contributed by atoms with van der Waals surface area (Å²) in [4.78, 5) is 94.3. The highest BCUT2D eigenvalue weighted by atomic mass is 16.2. The van der Waals surface area contributed by atoms with Gasteiger partial charge in [0.15, 0.2) is 0 Å². The molecule has 0 fully saturated rings. The van der Waals surface area contributed by atoms with E-state index in [1.165, 1.54) is 9.80 Å². The molecular weight excluding hydrogens is 1320 g/mol.